The van der Waals surface area contributed by atoms with Crippen molar-refractivity contribution < 1.29 is 4.42 Å². The molecule has 0 bridgehead atoms. The molecule has 2 heterocycles. The number of halogens is 2. The van der Waals surface area contributed by atoms with Gasteiger partial charge in [0.1, 0.15) is 0 Å². The van der Waals surface area contributed by atoms with E-state index in [1.165, 1.54) is 0 Å². The predicted molar refractivity (Wildman–Crippen MR) is 50.3 cm³/mol. The highest BCUT2D eigenvalue weighted by molar-refractivity contribution is 9.10. The second-order valence-electron chi connectivity index (χ2n) is 2.00. The van der Waals surface area contributed by atoms with Crippen LogP contribution in [-0.2, 0) is 0 Å². The fraction of sp³-hybridized carbons (Fsp3) is 0. The molecular weight excluding hydrogens is 264 g/mol. The summed E-state index contributed by atoms with van der Waals surface area (Å²) in [5.41, 5.74) is 0.582. The van der Waals surface area contributed by atoms with E-state index in [0.717, 1.165) is 16.2 Å². The molecule has 6 heteroatoms. The van der Waals surface area contributed by atoms with Gasteiger partial charge in [-0.2, -0.15) is 8.75 Å². The second-order valence-corrected chi connectivity index (χ2v) is 3.74. The molecule has 0 unspecified atom stereocenters. The first-order valence-electron chi connectivity index (χ1n) is 3.00. The number of nitrogens with zero attached hydrogens (tertiary/aromatic N) is 2. The SMILES string of the molecule is Clc1nsnc1-c1occc1Br. The third-order valence-electron chi connectivity index (χ3n) is 1.28. The maximum absolute atomic E-state index is 5.76. The summed E-state index contributed by atoms with van der Waals surface area (Å²) < 4.78 is 13.8. The number of furan rings is 1. The minimum Gasteiger partial charge on any atom is -0.461 e. The van der Waals surface area contributed by atoms with E-state index in [4.69, 9.17) is 16.0 Å². The molecule has 0 saturated carbocycles. The highest BCUT2D eigenvalue weighted by Crippen LogP contribution is 2.32. The van der Waals surface area contributed by atoms with E-state index in [0.29, 0.717) is 16.6 Å². The molecule has 0 fully saturated rings. The van der Waals surface area contributed by atoms with Crippen LogP contribution in [0.4, 0.5) is 0 Å². The van der Waals surface area contributed by atoms with E-state index in [1.807, 2.05) is 0 Å². The monoisotopic (exact) mass is 264 g/mol. The smallest absolute Gasteiger partial charge is 0.174 e. The average molecular weight is 266 g/mol. The predicted octanol–water partition coefficient (Wildman–Crippen LogP) is 3.21. The summed E-state index contributed by atoms with van der Waals surface area (Å²) in [4.78, 5) is 0. The fourth-order valence-corrected chi connectivity index (χ4v) is 1.89. The maximum atomic E-state index is 5.76. The molecule has 0 spiro atoms. The summed E-state index contributed by atoms with van der Waals surface area (Å²) in [7, 11) is 0. The molecule has 0 radical (unpaired) electrons. The van der Waals surface area contributed by atoms with Crippen LogP contribution in [0, 0.1) is 0 Å². The van der Waals surface area contributed by atoms with Gasteiger partial charge in [-0.3, -0.25) is 0 Å². The molecule has 0 aliphatic rings. The molecule has 0 aromatic carbocycles. The number of hydrogen-bond acceptors (Lipinski definition) is 4. The minimum absolute atomic E-state index is 0.371. The molecule has 2 aromatic heterocycles. The highest BCUT2D eigenvalue weighted by atomic mass is 79.9. The first-order chi connectivity index (χ1) is 5.79. The van der Waals surface area contributed by atoms with Gasteiger partial charge in [0.05, 0.1) is 22.5 Å². The van der Waals surface area contributed by atoms with Crippen molar-refractivity contribution >= 4 is 39.3 Å². The summed E-state index contributed by atoms with van der Waals surface area (Å²) in [6.07, 6.45) is 1.56. The van der Waals surface area contributed by atoms with E-state index in [1.54, 1.807) is 12.3 Å². The Morgan fingerprint density at radius 2 is 2.33 bits per heavy atom. The Morgan fingerprint density at radius 1 is 1.50 bits per heavy atom. The van der Waals surface area contributed by atoms with Crippen LogP contribution in [0.3, 0.4) is 0 Å². The zero-order chi connectivity index (χ0) is 8.55. The lowest BCUT2D eigenvalue weighted by molar-refractivity contribution is 0.579. The van der Waals surface area contributed by atoms with Crippen molar-refractivity contribution in [1.82, 2.24) is 8.75 Å². The molecule has 0 aliphatic carbocycles. The number of rotatable bonds is 1. The third kappa shape index (κ3) is 1.28. The Kier molecular flexibility index (Phi) is 2.16. The van der Waals surface area contributed by atoms with Gasteiger partial charge in [0.25, 0.3) is 0 Å². The Bertz CT molecular complexity index is 361. The minimum atomic E-state index is 0.371. The lowest BCUT2D eigenvalue weighted by atomic mass is 10.4. The zero-order valence-corrected chi connectivity index (χ0v) is 8.78. The quantitative estimate of drug-likeness (QED) is 0.795. The van der Waals surface area contributed by atoms with Gasteiger partial charge >= 0.3 is 0 Å². The largest absolute Gasteiger partial charge is 0.461 e. The van der Waals surface area contributed by atoms with Crippen LogP contribution in [-0.4, -0.2) is 8.75 Å². The first-order valence-corrected chi connectivity index (χ1v) is 4.90. The average Bonchev–Trinajstić information content (AvgIpc) is 2.59. The van der Waals surface area contributed by atoms with Gasteiger partial charge in [-0.05, 0) is 22.0 Å². The van der Waals surface area contributed by atoms with Crippen molar-refractivity contribution in [1.29, 1.82) is 0 Å². The molecule has 0 amide bonds. The van der Waals surface area contributed by atoms with Gasteiger partial charge in [0, 0.05) is 0 Å². The fourth-order valence-electron chi connectivity index (χ4n) is 0.776. The van der Waals surface area contributed by atoms with Gasteiger partial charge < -0.3 is 4.42 Å². The molecule has 0 aliphatic heterocycles. The van der Waals surface area contributed by atoms with Crippen LogP contribution in [0.2, 0.25) is 5.15 Å². The van der Waals surface area contributed by atoms with Gasteiger partial charge in [0.2, 0.25) is 0 Å². The van der Waals surface area contributed by atoms with Gasteiger partial charge in [-0.1, -0.05) is 11.6 Å². The number of aromatic nitrogens is 2. The van der Waals surface area contributed by atoms with Crippen LogP contribution < -0.4 is 0 Å². The Hall–Kier alpha value is -0.390. The Balaban J connectivity index is 2.57. The lowest BCUT2D eigenvalue weighted by Gasteiger charge is -1.89. The van der Waals surface area contributed by atoms with E-state index in [2.05, 4.69) is 24.7 Å². The summed E-state index contributed by atoms with van der Waals surface area (Å²) in [6, 6.07) is 1.78. The molecule has 2 rings (SSSR count). The van der Waals surface area contributed by atoms with Crippen molar-refractivity contribution in [2.45, 2.75) is 0 Å². The van der Waals surface area contributed by atoms with Crippen molar-refractivity contribution in [3.63, 3.8) is 0 Å². The summed E-state index contributed by atoms with van der Waals surface area (Å²) in [5, 5.41) is 0.371. The van der Waals surface area contributed by atoms with Crippen LogP contribution in [0.25, 0.3) is 11.5 Å². The molecule has 2 aromatic rings. The highest BCUT2D eigenvalue weighted by Gasteiger charge is 2.14. The Labute approximate surface area is 85.8 Å². The summed E-state index contributed by atoms with van der Waals surface area (Å²) in [6.45, 7) is 0. The van der Waals surface area contributed by atoms with E-state index in [-0.39, 0.29) is 0 Å². The first kappa shape index (κ1) is 8.22. The van der Waals surface area contributed by atoms with Gasteiger partial charge in [-0.25, -0.2) is 0 Å². The normalized spacial score (nSPS) is 10.5. The van der Waals surface area contributed by atoms with Crippen LogP contribution in [0.1, 0.15) is 0 Å². The van der Waals surface area contributed by atoms with Crippen molar-refractivity contribution in [3.8, 4) is 11.5 Å². The third-order valence-corrected chi connectivity index (χ3v) is 2.80. The van der Waals surface area contributed by atoms with Crippen LogP contribution in [0.15, 0.2) is 21.2 Å². The standard InChI is InChI=1S/C6H2BrClN2OS/c7-3-1-2-11-5(3)4-6(8)10-12-9-4/h1-2H. The second kappa shape index (κ2) is 3.16. The molecular formula is C6H2BrClN2OS. The molecule has 12 heavy (non-hydrogen) atoms. The van der Waals surface area contributed by atoms with Gasteiger partial charge in [-0.15, -0.1) is 0 Å². The van der Waals surface area contributed by atoms with Crippen molar-refractivity contribution in [3.05, 3.63) is 22.0 Å². The Morgan fingerprint density at radius 3 is 2.83 bits per heavy atom. The van der Waals surface area contributed by atoms with Gasteiger partial charge in [0.15, 0.2) is 16.6 Å². The summed E-state index contributed by atoms with van der Waals surface area (Å²) >= 11 is 10.1. The van der Waals surface area contributed by atoms with Crippen LogP contribution in [0.5, 0.6) is 0 Å². The van der Waals surface area contributed by atoms with E-state index < -0.39 is 0 Å². The molecule has 0 N–H and O–H groups in total. The molecule has 0 atom stereocenters. The number of hydrogen-bond donors (Lipinski definition) is 0. The maximum Gasteiger partial charge on any atom is 0.174 e. The molecule has 62 valence electrons. The zero-order valence-electron chi connectivity index (χ0n) is 5.62. The lowest BCUT2D eigenvalue weighted by Crippen LogP contribution is -1.74. The molecule has 0 saturated heterocycles. The molecule has 3 nitrogen and oxygen atoms in total. The van der Waals surface area contributed by atoms with Crippen molar-refractivity contribution in [2.75, 3.05) is 0 Å². The summed E-state index contributed by atoms with van der Waals surface area (Å²) in [5.74, 6) is 0.619. The van der Waals surface area contributed by atoms with E-state index in [9.17, 15) is 0 Å². The topological polar surface area (TPSA) is 38.9 Å². The van der Waals surface area contributed by atoms with Crippen molar-refractivity contribution in [2.24, 2.45) is 0 Å². The van der Waals surface area contributed by atoms with E-state index >= 15 is 0 Å². The van der Waals surface area contributed by atoms with Crippen LogP contribution >= 0.6 is 39.3 Å².